The van der Waals surface area contributed by atoms with Crippen LogP contribution in [0.1, 0.15) is 25.7 Å². The van der Waals surface area contributed by atoms with Gasteiger partial charge in [-0.2, -0.15) is 0 Å². The number of nitrogens with one attached hydrogen (secondary N) is 1. The molecule has 6 heteroatoms. The summed E-state index contributed by atoms with van der Waals surface area (Å²) in [5, 5.41) is 3.34. The largest absolute Gasteiger partial charge is 0.314 e. The van der Waals surface area contributed by atoms with Crippen molar-refractivity contribution in [1.29, 1.82) is 0 Å². The molecule has 0 bridgehead atoms. The van der Waals surface area contributed by atoms with Crippen LogP contribution in [0, 0.1) is 5.92 Å². The van der Waals surface area contributed by atoms with Crippen LogP contribution in [0.5, 0.6) is 0 Å². The van der Waals surface area contributed by atoms with Gasteiger partial charge in [-0.3, -0.25) is 14.6 Å². The van der Waals surface area contributed by atoms with Crippen LogP contribution in [0.2, 0.25) is 0 Å². The first kappa shape index (κ1) is 17.3. The second-order valence-electron chi connectivity index (χ2n) is 6.72. The number of halogens is 1. The van der Waals surface area contributed by atoms with Crippen LogP contribution >= 0.6 is 0 Å². The van der Waals surface area contributed by atoms with Crippen LogP contribution in [0.4, 0.5) is 10.2 Å². The molecule has 1 saturated heterocycles. The third-order valence-electron chi connectivity index (χ3n) is 5.05. The van der Waals surface area contributed by atoms with Gasteiger partial charge in [0, 0.05) is 51.4 Å². The van der Waals surface area contributed by atoms with Crippen molar-refractivity contribution in [2.45, 2.75) is 31.9 Å². The number of aromatic nitrogens is 1. The van der Waals surface area contributed by atoms with Gasteiger partial charge < -0.3 is 5.32 Å². The van der Waals surface area contributed by atoms with Crippen LogP contribution in [-0.4, -0.2) is 61.2 Å². The van der Waals surface area contributed by atoms with Gasteiger partial charge in [-0.1, -0.05) is 6.07 Å². The SMILES string of the molecule is O=C(C1CCC(F)CC1)N(CCN1CCNCC1)c1ccccn1. The number of carbonyl (C=O) groups excluding carboxylic acids is 1. The Morgan fingerprint density at radius 3 is 2.67 bits per heavy atom. The van der Waals surface area contributed by atoms with E-state index in [4.69, 9.17) is 0 Å². The van der Waals surface area contributed by atoms with Gasteiger partial charge in [-0.05, 0) is 37.8 Å². The average Bonchev–Trinajstić information content (AvgIpc) is 2.64. The number of amides is 1. The Morgan fingerprint density at radius 1 is 1.25 bits per heavy atom. The van der Waals surface area contributed by atoms with Crippen LogP contribution in [-0.2, 0) is 4.79 Å². The van der Waals surface area contributed by atoms with Gasteiger partial charge in [-0.15, -0.1) is 0 Å². The highest BCUT2D eigenvalue weighted by atomic mass is 19.1. The fourth-order valence-corrected chi connectivity index (χ4v) is 3.55. The summed E-state index contributed by atoms with van der Waals surface area (Å²) in [4.78, 5) is 21.6. The first-order valence-corrected chi connectivity index (χ1v) is 9.03. The van der Waals surface area contributed by atoms with Crippen LogP contribution in [0.15, 0.2) is 24.4 Å². The van der Waals surface area contributed by atoms with Gasteiger partial charge in [0.15, 0.2) is 0 Å². The third-order valence-corrected chi connectivity index (χ3v) is 5.05. The molecule has 0 aromatic carbocycles. The Labute approximate surface area is 143 Å². The molecule has 132 valence electrons. The minimum atomic E-state index is -0.738. The highest BCUT2D eigenvalue weighted by Crippen LogP contribution is 2.28. The third kappa shape index (κ3) is 4.51. The molecule has 1 amide bonds. The van der Waals surface area contributed by atoms with Crippen molar-refractivity contribution in [3.8, 4) is 0 Å². The van der Waals surface area contributed by atoms with Crippen LogP contribution < -0.4 is 10.2 Å². The number of hydrogen-bond donors (Lipinski definition) is 1. The number of pyridine rings is 1. The number of rotatable bonds is 5. The summed E-state index contributed by atoms with van der Waals surface area (Å²) in [7, 11) is 0. The highest BCUT2D eigenvalue weighted by molar-refractivity contribution is 5.94. The Morgan fingerprint density at radius 2 is 2.00 bits per heavy atom. The zero-order valence-electron chi connectivity index (χ0n) is 14.2. The molecule has 1 aliphatic carbocycles. The molecule has 2 fully saturated rings. The molecule has 0 spiro atoms. The van der Waals surface area contributed by atoms with Gasteiger partial charge in [0.1, 0.15) is 12.0 Å². The smallest absolute Gasteiger partial charge is 0.231 e. The van der Waals surface area contributed by atoms with Gasteiger partial charge in [-0.25, -0.2) is 9.37 Å². The zero-order chi connectivity index (χ0) is 16.8. The lowest BCUT2D eigenvalue weighted by atomic mass is 9.87. The van der Waals surface area contributed by atoms with Crippen molar-refractivity contribution < 1.29 is 9.18 Å². The van der Waals surface area contributed by atoms with Crippen molar-refractivity contribution in [2.75, 3.05) is 44.2 Å². The Kier molecular flexibility index (Phi) is 6.15. The molecule has 3 rings (SSSR count). The summed E-state index contributed by atoms with van der Waals surface area (Å²) in [6.07, 6.45) is 3.29. The van der Waals surface area contributed by atoms with E-state index in [0.29, 0.717) is 38.0 Å². The second kappa shape index (κ2) is 8.53. The maximum atomic E-state index is 13.4. The quantitative estimate of drug-likeness (QED) is 0.893. The second-order valence-corrected chi connectivity index (χ2v) is 6.72. The molecular weight excluding hydrogens is 307 g/mol. The lowest BCUT2D eigenvalue weighted by molar-refractivity contribution is -0.123. The maximum Gasteiger partial charge on any atom is 0.231 e. The van der Waals surface area contributed by atoms with E-state index in [-0.39, 0.29) is 11.8 Å². The first-order chi connectivity index (χ1) is 11.7. The normalized spacial score (nSPS) is 25.4. The fourth-order valence-electron chi connectivity index (χ4n) is 3.55. The standard InChI is InChI=1S/C18H27FN4O/c19-16-6-4-15(5-7-16)18(24)23(17-3-1-2-8-21-17)14-13-22-11-9-20-10-12-22/h1-3,8,15-16,20H,4-7,9-14H2. The van der Waals surface area contributed by atoms with Crippen molar-refractivity contribution in [2.24, 2.45) is 5.92 Å². The Balaban J connectivity index is 1.66. The minimum absolute atomic E-state index is 0.0676. The average molecular weight is 334 g/mol. The number of anilines is 1. The highest BCUT2D eigenvalue weighted by Gasteiger charge is 2.30. The lowest BCUT2D eigenvalue weighted by Crippen LogP contribution is -2.48. The molecule has 24 heavy (non-hydrogen) atoms. The summed E-state index contributed by atoms with van der Waals surface area (Å²) in [5.41, 5.74) is 0. The summed E-state index contributed by atoms with van der Waals surface area (Å²) in [5.74, 6) is 0.748. The van der Waals surface area contributed by atoms with Crippen molar-refractivity contribution in [3.05, 3.63) is 24.4 Å². The number of hydrogen-bond acceptors (Lipinski definition) is 4. The molecular formula is C18H27FN4O. The first-order valence-electron chi connectivity index (χ1n) is 9.03. The Bertz CT molecular complexity index is 513. The molecule has 0 atom stereocenters. The summed E-state index contributed by atoms with van der Waals surface area (Å²) >= 11 is 0. The van der Waals surface area contributed by atoms with Gasteiger partial charge in [0.2, 0.25) is 5.91 Å². The van der Waals surface area contributed by atoms with E-state index in [1.807, 2.05) is 23.1 Å². The molecule has 5 nitrogen and oxygen atoms in total. The summed E-state index contributed by atoms with van der Waals surface area (Å²) in [6.45, 7) is 5.51. The van der Waals surface area contributed by atoms with E-state index in [1.54, 1.807) is 6.20 Å². The van der Waals surface area contributed by atoms with Crippen molar-refractivity contribution in [1.82, 2.24) is 15.2 Å². The molecule has 1 N–H and O–H groups in total. The monoisotopic (exact) mass is 334 g/mol. The van der Waals surface area contributed by atoms with E-state index in [2.05, 4.69) is 15.2 Å². The minimum Gasteiger partial charge on any atom is -0.314 e. The van der Waals surface area contributed by atoms with Gasteiger partial charge in [0.25, 0.3) is 0 Å². The number of nitrogens with zero attached hydrogens (tertiary/aromatic N) is 3. The van der Waals surface area contributed by atoms with E-state index in [0.717, 1.165) is 32.7 Å². The molecule has 1 aromatic heterocycles. The maximum absolute atomic E-state index is 13.4. The number of carbonyl (C=O) groups is 1. The fraction of sp³-hybridized carbons (Fsp3) is 0.667. The lowest BCUT2D eigenvalue weighted by Gasteiger charge is -2.33. The molecule has 1 aromatic rings. The predicted octanol–water partition coefficient (Wildman–Crippen LogP) is 1.85. The summed E-state index contributed by atoms with van der Waals surface area (Å²) in [6, 6.07) is 5.65. The predicted molar refractivity (Wildman–Crippen MR) is 92.8 cm³/mol. The van der Waals surface area contributed by atoms with E-state index in [9.17, 15) is 9.18 Å². The van der Waals surface area contributed by atoms with Gasteiger partial charge in [0.05, 0.1) is 0 Å². The summed E-state index contributed by atoms with van der Waals surface area (Å²) < 4.78 is 13.4. The van der Waals surface area contributed by atoms with E-state index >= 15 is 0 Å². The number of piperazine rings is 1. The Hall–Kier alpha value is -1.53. The molecule has 2 heterocycles. The van der Waals surface area contributed by atoms with Crippen LogP contribution in [0.3, 0.4) is 0 Å². The molecule has 0 radical (unpaired) electrons. The molecule has 1 saturated carbocycles. The molecule has 1 aliphatic heterocycles. The number of alkyl halides is 1. The van der Waals surface area contributed by atoms with E-state index in [1.165, 1.54) is 0 Å². The molecule has 0 unspecified atom stereocenters. The van der Waals surface area contributed by atoms with Crippen LogP contribution in [0.25, 0.3) is 0 Å². The van der Waals surface area contributed by atoms with Crippen molar-refractivity contribution in [3.63, 3.8) is 0 Å². The van der Waals surface area contributed by atoms with Crippen molar-refractivity contribution >= 4 is 11.7 Å². The topological polar surface area (TPSA) is 48.5 Å². The van der Waals surface area contributed by atoms with E-state index < -0.39 is 6.17 Å². The molecule has 2 aliphatic rings. The zero-order valence-corrected chi connectivity index (χ0v) is 14.2. The van der Waals surface area contributed by atoms with Gasteiger partial charge >= 0.3 is 0 Å².